The molecule has 5 N–H and O–H groups in total. The number of carbonyl (C=O) groups is 3. The number of rotatable bonds is 8. The van der Waals surface area contributed by atoms with E-state index in [1.54, 1.807) is 31.2 Å². The van der Waals surface area contributed by atoms with Crippen LogP contribution in [0.25, 0.3) is 10.8 Å². The third kappa shape index (κ3) is 5.10. The van der Waals surface area contributed by atoms with E-state index < -0.39 is 23.8 Å². The molecule has 2 heterocycles. The van der Waals surface area contributed by atoms with E-state index in [9.17, 15) is 14.4 Å². The van der Waals surface area contributed by atoms with Crippen molar-refractivity contribution in [2.24, 2.45) is 5.73 Å². The fraction of sp³-hybridized carbons (Fsp3) is 0.103. The number of benzene rings is 3. The highest BCUT2D eigenvalue weighted by atomic mass is 32.1. The van der Waals surface area contributed by atoms with Crippen molar-refractivity contribution < 1.29 is 18.8 Å². The molecule has 0 spiro atoms. The van der Waals surface area contributed by atoms with E-state index in [0.29, 0.717) is 11.4 Å². The molecule has 1 atom stereocenters. The molecule has 196 valence electrons. The molecule has 39 heavy (non-hydrogen) atoms. The molecule has 0 saturated heterocycles. The van der Waals surface area contributed by atoms with E-state index in [2.05, 4.69) is 9.69 Å². The molecule has 2 aromatic heterocycles. The lowest BCUT2D eigenvalue weighted by Crippen LogP contribution is -2.44. The number of nitrogens with one attached hydrogen (secondary N) is 1. The number of aryl methyl sites for hydroxylation is 1. The summed E-state index contributed by atoms with van der Waals surface area (Å²) in [5.74, 6) is -1.10. The number of anilines is 2. The van der Waals surface area contributed by atoms with Crippen LogP contribution in [0.15, 0.2) is 89.3 Å². The Labute approximate surface area is 228 Å². The van der Waals surface area contributed by atoms with E-state index >= 15 is 0 Å². The van der Waals surface area contributed by atoms with E-state index in [1.165, 1.54) is 4.90 Å². The number of amides is 3. The Bertz CT molecular complexity index is 1670. The Kier molecular flexibility index (Phi) is 7.11. The number of primary amides is 1. The Balaban J connectivity index is 1.67. The van der Waals surface area contributed by atoms with Gasteiger partial charge in [0.25, 0.3) is 17.7 Å². The van der Waals surface area contributed by atoms with Crippen LogP contribution in [0.3, 0.4) is 0 Å². The van der Waals surface area contributed by atoms with Gasteiger partial charge in [0.1, 0.15) is 16.4 Å². The third-order valence-corrected chi connectivity index (χ3v) is 7.10. The van der Waals surface area contributed by atoms with Crippen LogP contribution in [0.4, 0.5) is 11.4 Å². The summed E-state index contributed by atoms with van der Waals surface area (Å²) < 4.78 is 9.92. The van der Waals surface area contributed by atoms with Crippen molar-refractivity contribution in [2.75, 3.05) is 10.6 Å². The minimum Gasteiger partial charge on any atom is -0.464 e. The SMILES string of the molecule is Cc1ccc([C@H](C(=O)NCc2ccccc2)N(C(=O)c2snc(C(N)=O)c2N)c2cccc3ccccc23)o1. The van der Waals surface area contributed by atoms with Gasteiger partial charge in [-0.2, -0.15) is 4.37 Å². The molecule has 0 unspecified atom stereocenters. The maximum absolute atomic E-state index is 14.3. The van der Waals surface area contributed by atoms with Gasteiger partial charge in [0, 0.05) is 11.9 Å². The second kappa shape index (κ2) is 10.8. The van der Waals surface area contributed by atoms with Crippen molar-refractivity contribution in [3.05, 3.63) is 113 Å². The predicted octanol–water partition coefficient (Wildman–Crippen LogP) is 4.58. The Morgan fingerprint density at radius 2 is 1.69 bits per heavy atom. The van der Waals surface area contributed by atoms with Gasteiger partial charge >= 0.3 is 0 Å². The third-order valence-electron chi connectivity index (χ3n) is 6.25. The van der Waals surface area contributed by atoms with Crippen molar-refractivity contribution in [1.29, 1.82) is 0 Å². The van der Waals surface area contributed by atoms with E-state index in [1.807, 2.05) is 60.7 Å². The normalized spacial score (nSPS) is 11.7. The van der Waals surface area contributed by atoms with E-state index in [4.69, 9.17) is 15.9 Å². The number of furan rings is 1. The Morgan fingerprint density at radius 1 is 0.974 bits per heavy atom. The van der Waals surface area contributed by atoms with Crippen LogP contribution in [0, 0.1) is 6.92 Å². The second-order valence-electron chi connectivity index (χ2n) is 8.87. The summed E-state index contributed by atoms with van der Waals surface area (Å²) in [5.41, 5.74) is 12.6. The molecule has 0 fully saturated rings. The first kappa shape index (κ1) is 25.7. The van der Waals surface area contributed by atoms with Gasteiger partial charge in [-0.25, -0.2) is 0 Å². The van der Waals surface area contributed by atoms with Gasteiger partial charge in [0.15, 0.2) is 11.7 Å². The monoisotopic (exact) mass is 539 g/mol. The summed E-state index contributed by atoms with van der Waals surface area (Å²) in [7, 11) is 0. The number of carbonyl (C=O) groups excluding carboxylic acids is 3. The summed E-state index contributed by atoms with van der Waals surface area (Å²) in [4.78, 5) is 41.4. The zero-order chi connectivity index (χ0) is 27.5. The first-order chi connectivity index (χ1) is 18.8. The molecule has 5 rings (SSSR count). The summed E-state index contributed by atoms with van der Waals surface area (Å²) >= 11 is 0.751. The highest BCUT2D eigenvalue weighted by Crippen LogP contribution is 2.37. The van der Waals surface area contributed by atoms with Gasteiger partial charge in [-0.05, 0) is 47.6 Å². The lowest BCUT2D eigenvalue weighted by molar-refractivity contribution is -0.123. The number of nitrogen functional groups attached to an aromatic ring is 1. The first-order valence-corrected chi connectivity index (χ1v) is 12.9. The van der Waals surface area contributed by atoms with Crippen LogP contribution >= 0.6 is 11.5 Å². The van der Waals surface area contributed by atoms with Crippen LogP contribution in [0.2, 0.25) is 0 Å². The van der Waals surface area contributed by atoms with Crippen LogP contribution in [0.5, 0.6) is 0 Å². The molecule has 3 aromatic carbocycles. The standard InChI is InChI=1S/C29H25N5O4S/c1-17-14-15-22(38-17)25(28(36)32-16-18-8-3-2-4-9-18)34(21-13-7-11-19-10-5-6-12-20(19)21)29(37)26-23(30)24(27(31)35)33-39-26/h2-15,25H,16,30H2,1H3,(H2,31,35)(H,32,36)/t25-/m1/s1. The fourth-order valence-electron chi connectivity index (χ4n) is 4.38. The fourth-order valence-corrected chi connectivity index (χ4v) is 5.12. The van der Waals surface area contributed by atoms with Gasteiger partial charge in [0.05, 0.1) is 11.4 Å². The van der Waals surface area contributed by atoms with Gasteiger partial charge in [-0.3, -0.25) is 19.3 Å². The highest BCUT2D eigenvalue weighted by molar-refractivity contribution is 7.09. The number of nitrogens with two attached hydrogens (primary N) is 2. The van der Waals surface area contributed by atoms with Crippen LogP contribution in [-0.4, -0.2) is 22.1 Å². The Morgan fingerprint density at radius 3 is 2.38 bits per heavy atom. The summed E-state index contributed by atoms with van der Waals surface area (Å²) in [6.45, 7) is 1.99. The maximum atomic E-state index is 14.3. The molecule has 5 aromatic rings. The molecule has 0 saturated carbocycles. The molecular formula is C29H25N5O4S. The Hall–Kier alpha value is -4.96. The lowest BCUT2D eigenvalue weighted by atomic mass is 10.0. The number of aromatic nitrogens is 1. The van der Waals surface area contributed by atoms with Crippen LogP contribution in [0.1, 0.15) is 43.3 Å². The summed E-state index contributed by atoms with van der Waals surface area (Å²) in [6, 6.07) is 24.6. The van der Waals surface area contributed by atoms with Crippen molar-refractivity contribution in [3.63, 3.8) is 0 Å². The minimum absolute atomic E-state index is 0.0131. The number of nitrogens with zero attached hydrogens (tertiary/aromatic N) is 2. The summed E-state index contributed by atoms with van der Waals surface area (Å²) in [5, 5.41) is 4.53. The van der Waals surface area contributed by atoms with E-state index in [-0.39, 0.29) is 28.6 Å². The molecule has 3 amide bonds. The minimum atomic E-state index is -1.21. The molecule has 0 aliphatic carbocycles. The zero-order valence-corrected chi connectivity index (χ0v) is 21.8. The average molecular weight is 540 g/mol. The van der Waals surface area contributed by atoms with Gasteiger partial charge < -0.3 is 21.2 Å². The largest absolute Gasteiger partial charge is 0.464 e. The molecule has 0 radical (unpaired) electrons. The molecule has 0 aliphatic rings. The van der Waals surface area contributed by atoms with Gasteiger partial charge in [-0.1, -0.05) is 66.7 Å². The zero-order valence-electron chi connectivity index (χ0n) is 21.0. The average Bonchev–Trinajstić information content (AvgIpc) is 3.55. The first-order valence-electron chi connectivity index (χ1n) is 12.1. The maximum Gasteiger partial charge on any atom is 0.273 e. The number of fused-ring (bicyclic) bond motifs is 1. The van der Waals surface area contributed by atoms with Crippen LogP contribution < -0.4 is 21.7 Å². The smallest absolute Gasteiger partial charge is 0.273 e. The molecular weight excluding hydrogens is 514 g/mol. The molecule has 0 aliphatic heterocycles. The van der Waals surface area contributed by atoms with Crippen LogP contribution in [-0.2, 0) is 11.3 Å². The molecule has 9 nitrogen and oxygen atoms in total. The topological polar surface area (TPSA) is 145 Å². The number of hydrogen-bond donors (Lipinski definition) is 3. The van der Waals surface area contributed by atoms with Crippen molar-refractivity contribution in [3.8, 4) is 0 Å². The van der Waals surface area contributed by atoms with Crippen molar-refractivity contribution in [2.45, 2.75) is 19.5 Å². The molecule has 0 bridgehead atoms. The predicted molar refractivity (Wildman–Crippen MR) is 150 cm³/mol. The number of hydrogen-bond acceptors (Lipinski definition) is 7. The second-order valence-corrected chi connectivity index (χ2v) is 9.64. The van der Waals surface area contributed by atoms with Gasteiger partial charge in [-0.15, -0.1) is 0 Å². The van der Waals surface area contributed by atoms with E-state index in [0.717, 1.165) is 27.9 Å². The van der Waals surface area contributed by atoms with Gasteiger partial charge in [0.2, 0.25) is 0 Å². The highest BCUT2D eigenvalue weighted by Gasteiger charge is 2.38. The quantitative estimate of drug-likeness (QED) is 0.263. The molecule has 10 heteroatoms. The lowest BCUT2D eigenvalue weighted by Gasteiger charge is -2.30. The summed E-state index contributed by atoms with van der Waals surface area (Å²) in [6.07, 6.45) is 0. The van der Waals surface area contributed by atoms with Crippen molar-refractivity contribution >= 4 is 51.4 Å². The van der Waals surface area contributed by atoms with Crippen molar-refractivity contribution in [1.82, 2.24) is 9.69 Å².